The molecule has 3 aromatic rings. The molecule has 1 aromatic heterocycles. The first-order valence-electron chi connectivity index (χ1n) is 10.2. The summed E-state index contributed by atoms with van der Waals surface area (Å²) in [6.45, 7) is 0.654. The molecule has 0 spiro atoms. The summed E-state index contributed by atoms with van der Waals surface area (Å²) in [5.74, 6) is 1.37. The van der Waals surface area contributed by atoms with Gasteiger partial charge in [0.25, 0.3) is 0 Å². The van der Waals surface area contributed by atoms with E-state index in [0.29, 0.717) is 24.0 Å². The van der Waals surface area contributed by atoms with Crippen LogP contribution in [0.3, 0.4) is 0 Å². The van der Waals surface area contributed by atoms with E-state index in [9.17, 15) is 9.90 Å². The fourth-order valence-corrected chi connectivity index (χ4v) is 3.98. The van der Waals surface area contributed by atoms with Crippen molar-refractivity contribution in [3.63, 3.8) is 0 Å². The molecule has 1 N–H and O–H groups in total. The molecule has 1 fully saturated rings. The highest BCUT2D eigenvalue weighted by molar-refractivity contribution is 5.89. The number of ether oxygens (including phenoxy) is 1. The maximum absolute atomic E-state index is 11.9. The van der Waals surface area contributed by atoms with Gasteiger partial charge in [0, 0.05) is 24.3 Å². The van der Waals surface area contributed by atoms with Gasteiger partial charge in [-0.05, 0) is 60.9 Å². The van der Waals surface area contributed by atoms with Gasteiger partial charge in [-0.1, -0.05) is 25.0 Å². The zero-order valence-electron chi connectivity index (χ0n) is 17.0. The molecule has 6 heteroatoms. The van der Waals surface area contributed by atoms with E-state index in [1.807, 2.05) is 36.4 Å². The van der Waals surface area contributed by atoms with Crippen LogP contribution in [0, 0.1) is 0 Å². The first-order chi connectivity index (χ1) is 14.6. The minimum atomic E-state index is -0.332. The van der Waals surface area contributed by atoms with Crippen molar-refractivity contribution in [3.05, 3.63) is 71.9 Å². The van der Waals surface area contributed by atoms with E-state index in [-0.39, 0.29) is 11.7 Å². The first-order valence-corrected chi connectivity index (χ1v) is 10.2. The van der Waals surface area contributed by atoms with Crippen LogP contribution in [0.15, 0.2) is 60.8 Å². The number of benzene rings is 2. The summed E-state index contributed by atoms with van der Waals surface area (Å²) in [5, 5.41) is 9.55. The molecule has 0 radical (unpaired) electrons. The van der Waals surface area contributed by atoms with E-state index in [1.165, 1.54) is 20.0 Å². The Bertz CT molecular complexity index is 1010. The van der Waals surface area contributed by atoms with Crippen LogP contribution in [-0.2, 0) is 11.3 Å². The summed E-state index contributed by atoms with van der Waals surface area (Å²) in [7, 11) is 1.39. The van der Waals surface area contributed by atoms with Crippen molar-refractivity contribution < 1.29 is 14.6 Å². The molecule has 0 bridgehead atoms. The van der Waals surface area contributed by atoms with Gasteiger partial charge in [0.1, 0.15) is 11.6 Å². The number of rotatable bonds is 6. The number of hydrogen-bond donors (Lipinski definition) is 1. The number of carbonyl (C=O) groups excluding carboxylic acids is 1. The van der Waals surface area contributed by atoms with Gasteiger partial charge in [-0.2, -0.15) is 0 Å². The van der Waals surface area contributed by atoms with Crippen molar-refractivity contribution in [1.82, 2.24) is 9.97 Å². The fourth-order valence-electron chi connectivity index (χ4n) is 3.98. The summed E-state index contributed by atoms with van der Waals surface area (Å²) in [6.07, 6.45) is 6.43. The SMILES string of the molecule is COC(=O)c1cccc(CN(c2ccnc(-c3ccc(O)cc3)n2)C2CCCC2)c1. The van der Waals surface area contributed by atoms with Gasteiger partial charge in [0.05, 0.1) is 12.7 Å². The van der Waals surface area contributed by atoms with Gasteiger partial charge >= 0.3 is 5.97 Å². The van der Waals surface area contributed by atoms with Gasteiger partial charge in [0.15, 0.2) is 5.82 Å². The number of phenols is 1. The number of methoxy groups -OCH3 is 1. The van der Waals surface area contributed by atoms with Crippen molar-refractivity contribution in [2.75, 3.05) is 12.0 Å². The highest BCUT2D eigenvalue weighted by Crippen LogP contribution is 2.30. The molecule has 0 saturated heterocycles. The standard InChI is InChI=1S/C24H25N3O3/c1-30-24(29)19-6-4-5-17(15-19)16-27(20-7-2-3-8-20)22-13-14-25-23(26-22)18-9-11-21(28)12-10-18/h4-6,9-15,20,28H,2-3,7-8,16H2,1H3. The average Bonchev–Trinajstić information content (AvgIpc) is 3.32. The molecule has 0 unspecified atom stereocenters. The van der Waals surface area contributed by atoms with Crippen LogP contribution in [0.1, 0.15) is 41.6 Å². The van der Waals surface area contributed by atoms with Crippen molar-refractivity contribution in [3.8, 4) is 17.1 Å². The molecule has 0 atom stereocenters. The Balaban J connectivity index is 1.66. The van der Waals surface area contributed by atoms with E-state index in [0.717, 1.165) is 29.8 Å². The van der Waals surface area contributed by atoms with Gasteiger partial charge < -0.3 is 14.7 Å². The number of esters is 1. The molecular formula is C24H25N3O3. The van der Waals surface area contributed by atoms with Crippen molar-refractivity contribution >= 4 is 11.8 Å². The zero-order valence-corrected chi connectivity index (χ0v) is 17.0. The van der Waals surface area contributed by atoms with Crippen LogP contribution in [0.4, 0.5) is 5.82 Å². The first kappa shape index (κ1) is 19.9. The van der Waals surface area contributed by atoms with Crippen molar-refractivity contribution in [2.24, 2.45) is 0 Å². The number of phenolic OH excluding ortho intramolecular Hbond substituents is 1. The third kappa shape index (κ3) is 4.43. The van der Waals surface area contributed by atoms with Gasteiger partial charge in [-0.3, -0.25) is 0 Å². The lowest BCUT2D eigenvalue weighted by atomic mass is 10.1. The summed E-state index contributed by atoms with van der Waals surface area (Å²) in [5.41, 5.74) is 2.44. The van der Waals surface area contributed by atoms with Crippen LogP contribution in [-0.4, -0.2) is 34.2 Å². The minimum Gasteiger partial charge on any atom is -0.508 e. The third-order valence-electron chi connectivity index (χ3n) is 5.53. The molecule has 1 aliphatic carbocycles. The summed E-state index contributed by atoms with van der Waals surface area (Å²) >= 11 is 0. The highest BCUT2D eigenvalue weighted by atomic mass is 16.5. The second-order valence-corrected chi connectivity index (χ2v) is 7.54. The topological polar surface area (TPSA) is 75.5 Å². The normalized spacial score (nSPS) is 13.9. The summed E-state index contributed by atoms with van der Waals surface area (Å²) in [4.78, 5) is 23.5. The molecule has 0 aliphatic heterocycles. The molecule has 1 saturated carbocycles. The monoisotopic (exact) mass is 403 g/mol. The predicted molar refractivity (Wildman–Crippen MR) is 115 cm³/mol. The van der Waals surface area contributed by atoms with Crippen molar-refractivity contribution in [1.29, 1.82) is 0 Å². The fraction of sp³-hybridized carbons (Fsp3) is 0.292. The smallest absolute Gasteiger partial charge is 0.337 e. The van der Waals surface area contributed by atoms with Crippen LogP contribution in [0.25, 0.3) is 11.4 Å². The zero-order chi connectivity index (χ0) is 20.9. The van der Waals surface area contributed by atoms with E-state index in [4.69, 9.17) is 9.72 Å². The Hall–Kier alpha value is -3.41. The summed E-state index contributed by atoms with van der Waals surface area (Å²) < 4.78 is 4.86. The van der Waals surface area contributed by atoms with E-state index in [1.54, 1.807) is 24.4 Å². The Morgan fingerprint density at radius 3 is 2.63 bits per heavy atom. The Morgan fingerprint density at radius 2 is 1.90 bits per heavy atom. The average molecular weight is 403 g/mol. The molecule has 1 heterocycles. The molecule has 4 rings (SSSR count). The van der Waals surface area contributed by atoms with Crippen LogP contribution in [0.5, 0.6) is 5.75 Å². The van der Waals surface area contributed by atoms with Crippen LogP contribution < -0.4 is 4.90 Å². The van der Waals surface area contributed by atoms with Crippen molar-refractivity contribution in [2.45, 2.75) is 38.3 Å². The Morgan fingerprint density at radius 1 is 1.13 bits per heavy atom. The second-order valence-electron chi connectivity index (χ2n) is 7.54. The third-order valence-corrected chi connectivity index (χ3v) is 5.53. The minimum absolute atomic E-state index is 0.216. The molecule has 1 aliphatic rings. The van der Waals surface area contributed by atoms with E-state index >= 15 is 0 Å². The van der Waals surface area contributed by atoms with Crippen LogP contribution in [0.2, 0.25) is 0 Å². The number of hydrogen-bond acceptors (Lipinski definition) is 6. The van der Waals surface area contributed by atoms with E-state index < -0.39 is 0 Å². The Kier molecular flexibility index (Phi) is 5.93. The lowest BCUT2D eigenvalue weighted by Crippen LogP contribution is -2.33. The maximum Gasteiger partial charge on any atom is 0.337 e. The number of nitrogens with zero attached hydrogens (tertiary/aromatic N) is 3. The van der Waals surface area contributed by atoms with Gasteiger partial charge in [0.2, 0.25) is 0 Å². The number of carbonyl (C=O) groups is 1. The Labute approximate surface area is 176 Å². The molecule has 0 amide bonds. The number of aromatic nitrogens is 2. The lowest BCUT2D eigenvalue weighted by Gasteiger charge is -2.30. The number of aromatic hydroxyl groups is 1. The lowest BCUT2D eigenvalue weighted by molar-refractivity contribution is 0.0600. The quantitative estimate of drug-likeness (QED) is 0.607. The van der Waals surface area contributed by atoms with Gasteiger partial charge in [-0.25, -0.2) is 14.8 Å². The second kappa shape index (κ2) is 8.95. The van der Waals surface area contributed by atoms with E-state index in [2.05, 4.69) is 9.88 Å². The molecular weight excluding hydrogens is 378 g/mol. The van der Waals surface area contributed by atoms with Crippen LogP contribution >= 0.6 is 0 Å². The molecule has 30 heavy (non-hydrogen) atoms. The molecule has 154 valence electrons. The largest absolute Gasteiger partial charge is 0.508 e. The number of anilines is 1. The maximum atomic E-state index is 11.9. The van der Waals surface area contributed by atoms with Gasteiger partial charge in [-0.15, -0.1) is 0 Å². The predicted octanol–water partition coefficient (Wildman–Crippen LogP) is 4.59. The molecule has 2 aromatic carbocycles. The highest BCUT2D eigenvalue weighted by Gasteiger charge is 2.24. The molecule has 6 nitrogen and oxygen atoms in total. The summed E-state index contributed by atoms with van der Waals surface area (Å²) in [6, 6.07) is 16.8.